The first-order chi connectivity index (χ1) is 26.7. The largest absolute Gasteiger partial charge is 1.00 e. The van der Waals surface area contributed by atoms with Gasteiger partial charge in [0.1, 0.15) is 30.8 Å². The van der Waals surface area contributed by atoms with Gasteiger partial charge in [0.25, 0.3) is 16.0 Å². The fraction of sp³-hybridized carbons (Fsp3) is 0.0588. The molecular formula is C34H21Cl2N6Na3O12S3. The Kier molecular flexibility index (Phi) is 18.0. The van der Waals surface area contributed by atoms with Crippen molar-refractivity contribution in [2.24, 2.45) is 10.2 Å². The number of amides is 1. The minimum Gasteiger partial charge on any atom is -0.870 e. The zero-order valence-electron chi connectivity index (χ0n) is 31.2. The Morgan fingerprint density at radius 3 is 1.95 bits per heavy atom. The number of carbonyl (C=O) groups excluding carboxylic acids is 2. The average Bonchev–Trinajstić information content (AvgIpc) is 3.13. The summed E-state index contributed by atoms with van der Waals surface area (Å²) in [5.74, 6) is -2.70. The van der Waals surface area contributed by atoms with Crippen LogP contribution in [0.2, 0.25) is 10.3 Å². The molecule has 60 heavy (non-hydrogen) atoms. The number of azo groups is 1. The van der Waals surface area contributed by atoms with Crippen molar-refractivity contribution in [1.29, 1.82) is 0 Å². The zero-order valence-corrected chi connectivity index (χ0v) is 41.2. The van der Waals surface area contributed by atoms with Crippen LogP contribution in [0.3, 0.4) is 0 Å². The van der Waals surface area contributed by atoms with E-state index in [1.54, 1.807) is 6.07 Å². The molecule has 26 heteroatoms. The molecule has 6 aromatic rings. The summed E-state index contributed by atoms with van der Waals surface area (Å²) in [6, 6.07) is 17.0. The van der Waals surface area contributed by atoms with E-state index in [4.69, 9.17) is 23.2 Å². The summed E-state index contributed by atoms with van der Waals surface area (Å²) in [4.78, 5) is 30.6. The molecule has 6 rings (SSSR count). The number of halogens is 2. The Balaban J connectivity index is 0.00000320. The Bertz CT molecular complexity index is 3040. The van der Waals surface area contributed by atoms with Crippen LogP contribution in [0.25, 0.3) is 21.8 Å². The molecule has 3 N–H and O–H groups in total. The molecule has 1 aromatic heterocycles. The number of hydrogen-bond donors (Lipinski definition) is 3. The monoisotopic (exact) mass is 940 g/mol. The van der Waals surface area contributed by atoms with Crippen LogP contribution in [0.15, 0.2) is 110 Å². The Labute approximate surface area is 417 Å². The summed E-state index contributed by atoms with van der Waals surface area (Å²) >= 11 is 11.8. The molecule has 0 spiro atoms. The standard InChI is InChI=1S/C34H24Cl2N6O12S3.3Na/c35-32-33(36)39-23-13-19(7-8-21(23)38-32)25(43)16-37-15-17-6-10-27(56(49,50)51)24(12-17)41-42-30-28(57(52,53)54)14-20-26(55(46,47)48)11-9-22(29(20)31(30)44)40-34(45)18-4-2-1-3-5-18;;;/h1-14,37,44H,15-16H2,(H,40,45)(H,46,47,48)(H,49,50,51)(H,52,53,54);;;/q;3*+1/p-3. The van der Waals surface area contributed by atoms with Crippen LogP contribution in [-0.2, 0) is 36.9 Å². The van der Waals surface area contributed by atoms with Gasteiger partial charge in [0.05, 0.1) is 33.1 Å². The fourth-order valence-electron chi connectivity index (χ4n) is 5.49. The molecule has 0 saturated carbocycles. The topological polar surface area (TPSA) is 301 Å². The number of Topliss-reactive ketones (excluding diaryl/α,β-unsaturated/α-hetero) is 1. The number of ketones is 1. The maximum atomic E-state index is 14.0. The van der Waals surface area contributed by atoms with E-state index >= 15 is 0 Å². The third-order valence-electron chi connectivity index (χ3n) is 8.06. The second-order valence-corrected chi connectivity index (χ2v) is 16.6. The molecule has 0 aliphatic heterocycles. The van der Waals surface area contributed by atoms with Crippen molar-refractivity contribution in [3.63, 3.8) is 0 Å². The fourth-order valence-corrected chi connectivity index (χ4v) is 7.66. The van der Waals surface area contributed by atoms with E-state index in [-0.39, 0.29) is 129 Å². The van der Waals surface area contributed by atoms with Crippen LogP contribution in [-0.4, -0.2) is 67.1 Å². The van der Waals surface area contributed by atoms with E-state index in [2.05, 4.69) is 30.8 Å². The first kappa shape index (κ1) is 51.9. The molecule has 0 unspecified atom stereocenters. The van der Waals surface area contributed by atoms with E-state index in [1.807, 2.05) is 0 Å². The van der Waals surface area contributed by atoms with Crippen LogP contribution in [0.1, 0.15) is 26.3 Å². The normalized spacial score (nSPS) is 11.8. The number of nitrogens with one attached hydrogen (secondary N) is 2. The van der Waals surface area contributed by atoms with Crippen LogP contribution >= 0.6 is 23.2 Å². The maximum Gasteiger partial charge on any atom is 1.00 e. The third kappa shape index (κ3) is 11.9. The molecule has 0 fully saturated rings. The number of fused-ring (bicyclic) bond motifs is 2. The minimum atomic E-state index is -5.48. The van der Waals surface area contributed by atoms with E-state index in [1.165, 1.54) is 48.5 Å². The van der Waals surface area contributed by atoms with Crippen LogP contribution in [0.5, 0.6) is 5.75 Å². The summed E-state index contributed by atoms with van der Waals surface area (Å²) in [6.45, 7) is -0.407. The number of hydrogen-bond acceptors (Lipinski definition) is 16. The molecule has 0 aliphatic carbocycles. The van der Waals surface area contributed by atoms with Crippen molar-refractivity contribution in [2.45, 2.75) is 21.2 Å². The SMILES string of the molecule is O=C(CNCc1ccc(S(=O)(=O)[O-])c(N=Nc2c(S(=O)(=O)O)cc3c(S(=O)(=O)[O-])ccc(NC(=O)c4ccccc4)c3c2[O-])c1)c1ccc2nc(Cl)c(Cl)nc2c1.[Na+].[Na+].[Na+]. The van der Waals surface area contributed by atoms with Gasteiger partial charge in [-0.1, -0.05) is 53.2 Å². The Morgan fingerprint density at radius 2 is 1.33 bits per heavy atom. The van der Waals surface area contributed by atoms with Crippen molar-refractivity contribution < 1.29 is 142 Å². The van der Waals surface area contributed by atoms with Crippen LogP contribution in [0, 0.1) is 0 Å². The number of aromatic nitrogens is 2. The van der Waals surface area contributed by atoms with Gasteiger partial charge in [-0.2, -0.15) is 8.42 Å². The Morgan fingerprint density at radius 1 is 0.717 bits per heavy atom. The molecular weight excluding hydrogens is 920 g/mol. The molecule has 5 aromatic carbocycles. The van der Waals surface area contributed by atoms with Crippen molar-refractivity contribution in [3.05, 3.63) is 112 Å². The number of nitrogens with zero attached hydrogens (tertiary/aromatic N) is 4. The predicted octanol–water partition coefficient (Wildman–Crippen LogP) is -4.13. The van der Waals surface area contributed by atoms with Gasteiger partial charge >= 0.3 is 88.7 Å². The van der Waals surface area contributed by atoms with E-state index < -0.39 is 90.3 Å². The van der Waals surface area contributed by atoms with Gasteiger partial charge in [-0.15, -0.1) is 10.2 Å². The minimum absolute atomic E-state index is 0. The number of benzene rings is 5. The van der Waals surface area contributed by atoms with Crippen molar-refractivity contribution in [1.82, 2.24) is 15.3 Å². The van der Waals surface area contributed by atoms with E-state index in [0.29, 0.717) is 23.2 Å². The van der Waals surface area contributed by atoms with Gasteiger partial charge < -0.3 is 24.8 Å². The van der Waals surface area contributed by atoms with Gasteiger partial charge in [-0.25, -0.2) is 26.8 Å². The summed E-state index contributed by atoms with van der Waals surface area (Å²) < 4.78 is 108. The summed E-state index contributed by atoms with van der Waals surface area (Å²) in [5.41, 5.74) is -1.14. The molecule has 0 aliphatic rings. The molecule has 0 radical (unpaired) electrons. The Hall–Kier alpha value is -2.49. The van der Waals surface area contributed by atoms with Gasteiger partial charge in [0.2, 0.25) is 0 Å². The molecule has 294 valence electrons. The van der Waals surface area contributed by atoms with Crippen molar-refractivity contribution in [2.75, 3.05) is 11.9 Å². The van der Waals surface area contributed by atoms with Gasteiger partial charge in [0.15, 0.2) is 16.1 Å². The second kappa shape index (κ2) is 20.8. The summed E-state index contributed by atoms with van der Waals surface area (Å²) in [6.07, 6.45) is 0. The van der Waals surface area contributed by atoms with Crippen LogP contribution < -0.4 is 104 Å². The summed E-state index contributed by atoms with van der Waals surface area (Å²) in [7, 11) is -16.2. The van der Waals surface area contributed by atoms with Crippen LogP contribution in [0.4, 0.5) is 17.1 Å². The smallest absolute Gasteiger partial charge is 0.870 e. The number of rotatable bonds is 12. The van der Waals surface area contributed by atoms with Gasteiger partial charge in [0, 0.05) is 34.1 Å². The molecule has 1 amide bonds. The molecule has 0 bridgehead atoms. The van der Waals surface area contributed by atoms with Crippen molar-refractivity contribution in [3.8, 4) is 5.75 Å². The quantitative estimate of drug-likeness (QED) is 0.0455. The first-order valence-corrected chi connectivity index (χ1v) is 20.7. The molecule has 1 heterocycles. The van der Waals surface area contributed by atoms with Gasteiger partial charge in [-0.3, -0.25) is 14.1 Å². The maximum absolute atomic E-state index is 14.0. The van der Waals surface area contributed by atoms with Crippen molar-refractivity contribution >= 4 is 104 Å². The number of anilines is 1. The van der Waals surface area contributed by atoms with E-state index in [9.17, 15) is 53.6 Å². The summed E-state index contributed by atoms with van der Waals surface area (Å²) in [5, 5.41) is 24.8. The predicted molar refractivity (Wildman–Crippen MR) is 200 cm³/mol. The second-order valence-electron chi connectivity index (χ2n) is 11.8. The first-order valence-electron chi connectivity index (χ1n) is 15.7. The average molecular weight is 942 g/mol. The zero-order chi connectivity index (χ0) is 41.4. The number of carbonyl (C=O) groups is 2. The van der Waals surface area contributed by atoms with E-state index in [0.717, 1.165) is 18.2 Å². The third-order valence-corrected chi connectivity index (χ3v) is 11.3. The van der Waals surface area contributed by atoms with Gasteiger partial charge in [-0.05, 0) is 66.2 Å². The molecule has 0 atom stereocenters. The molecule has 18 nitrogen and oxygen atoms in total. The molecule has 0 saturated heterocycles.